The molecule has 0 aliphatic carbocycles. The number of nitriles is 1. The van der Waals surface area contributed by atoms with Gasteiger partial charge >= 0.3 is 5.97 Å². The summed E-state index contributed by atoms with van der Waals surface area (Å²) in [5.74, 6) is -0.665. The van der Waals surface area contributed by atoms with E-state index in [-0.39, 0.29) is 19.6 Å². The fourth-order valence-corrected chi connectivity index (χ4v) is 0.753. The van der Waals surface area contributed by atoms with E-state index < -0.39 is 17.5 Å². The topological polar surface area (TPSA) is 96.5 Å². The maximum atomic E-state index is 10.9. The highest BCUT2D eigenvalue weighted by molar-refractivity contribution is 5.71. The Labute approximate surface area is 81.0 Å². The predicted molar refractivity (Wildman–Crippen MR) is 45.4 cm³/mol. The highest BCUT2D eigenvalue weighted by atomic mass is 16.7. The Hall–Kier alpha value is -1.84. The van der Waals surface area contributed by atoms with Gasteiger partial charge in [0.2, 0.25) is 0 Å². The summed E-state index contributed by atoms with van der Waals surface area (Å²) in [6, 6.07) is 1.76. The van der Waals surface area contributed by atoms with Gasteiger partial charge in [0.1, 0.15) is 0 Å². The molecule has 0 rings (SSSR count). The molecule has 0 aromatic carbocycles. The lowest BCUT2D eigenvalue weighted by Crippen LogP contribution is -2.36. The zero-order chi connectivity index (χ0) is 11.0. The summed E-state index contributed by atoms with van der Waals surface area (Å²) in [5.41, 5.74) is 0. The summed E-state index contributed by atoms with van der Waals surface area (Å²) < 4.78 is 4.53. The van der Waals surface area contributed by atoms with Crippen LogP contribution in [0.3, 0.4) is 0 Å². The van der Waals surface area contributed by atoms with Crippen molar-refractivity contribution >= 4 is 5.97 Å². The van der Waals surface area contributed by atoms with Crippen molar-refractivity contribution < 1.29 is 14.6 Å². The SMILES string of the molecule is CCOC(=O)CN(CCC#N)[N+](=O)[O-]. The van der Waals surface area contributed by atoms with Gasteiger partial charge in [0.05, 0.1) is 25.6 Å². The number of rotatable bonds is 6. The van der Waals surface area contributed by atoms with Gasteiger partial charge in [-0.25, -0.2) is 14.9 Å². The quantitative estimate of drug-likeness (QED) is 0.339. The highest BCUT2D eigenvalue weighted by Crippen LogP contribution is 1.92. The van der Waals surface area contributed by atoms with Crippen molar-refractivity contribution in [1.82, 2.24) is 5.01 Å². The number of carbonyl (C=O) groups is 1. The Bertz CT molecular complexity index is 248. The van der Waals surface area contributed by atoms with Gasteiger partial charge in [-0.3, -0.25) is 0 Å². The average Bonchev–Trinajstić information content (AvgIpc) is 2.12. The van der Waals surface area contributed by atoms with Gasteiger partial charge in [-0.15, -0.1) is 5.01 Å². The van der Waals surface area contributed by atoms with Crippen LogP contribution in [0, 0.1) is 21.4 Å². The van der Waals surface area contributed by atoms with Crippen LogP contribution in [0.15, 0.2) is 0 Å². The molecule has 0 aromatic rings. The zero-order valence-corrected chi connectivity index (χ0v) is 7.80. The lowest BCUT2D eigenvalue weighted by molar-refractivity contribution is -0.652. The first kappa shape index (κ1) is 12.2. The molecule has 0 spiro atoms. The van der Waals surface area contributed by atoms with Gasteiger partial charge in [-0.05, 0) is 6.92 Å². The van der Waals surface area contributed by atoms with Crippen LogP contribution >= 0.6 is 0 Å². The molecule has 0 amide bonds. The number of nitrogens with zero attached hydrogens (tertiary/aromatic N) is 3. The molecule has 0 N–H and O–H groups in total. The van der Waals surface area contributed by atoms with Gasteiger partial charge in [-0.1, -0.05) is 0 Å². The van der Waals surface area contributed by atoms with Gasteiger partial charge in [-0.2, -0.15) is 5.26 Å². The smallest absolute Gasteiger partial charge is 0.331 e. The van der Waals surface area contributed by atoms with E-state index in [1.807, 2.05) is 0 Å². The first-order chi connectivity index (χ1) is 6.61. The van der Waals surface area contributed by atoms with E-state index in [1.54, 1.807) is 13.0 Å². The standard InChI is InChI=1S/C7H11N3O4/c1-2-14-7(11)6-9(10(12)13)5-3-4-8/h2-3,5-6H2,1H3. The van der Waals surface area contributed by atoms with Crippen molar-refractivity contribution in [2.75, 3.05) is 19.7 Å². The van der Waals surface area contributed by atoms with E-state index in [1.165, 1.54) is 0 Å². The second-order valence-electron chi connectivity index (χ2n) is 2.34. The Morgan fingerprint density at radius 1 is 1.71 bits per heavy atom. The van der Waals surface area contributed by atoms with Gasteiger partial charge in [0.15, 0.2) is 11.6 Å². The number of ether oxygens (including phenoxy) is 1. The number of carbonyl (C=O) groups excluding carboxylic acids is 1. The molecule has 7 nitrogen and oxygen atoms in total. The number of esters is 1. The number of nitro groups is 1. The van der Waals surface area contributed by atoms with Crippen LogP contribution in [-0.2, 0) is 9.53 Å². The molecule has 0 unspecified atom stereocenters. The fraction of sp³-hybridized carbons (Fsp3) is 0.714. The minimum Gasteiger partial charge on any atom is -0.465 e. The lowest BCUT2D eigenvalue weighted by Gasteiger charge is -2.11. The Morgan fingerprint density at radius 2 is 2.36 bits per heavy atom. The van der Waals surface area contributed by atoms with Crippen LogP contribution in [0.25, 0.3) is 0 Å². The molecule has 0 saturated carbocycles. The van der Waals surface area contributed by atoms with E-state index >= 15 is 0 Å². The third-order valence-corrected chi connectivity index (χ3v) is 1.33. The third-order valence-electron chi connectivity index (χ3n) is 1.33. The summed E-state index contributed by atoms with van der Waals surface area (Å²) in [7, 11) is 0. The van der Waals surface area contributed by atoms with Gasteiger partial charge in [0, 0.05) is 0 Å². The van der Waals surface area contributed by atoms with Crippen molar-refractivity contribution in [2.45, 2.75) is 13.3 Å². The second-order valence-corrected chi connectivity index (χ2v) is 2.34. The van der Waals surface area contributed by atoms with Crippen LogP contribution in [0.2, 0.25) is 0 Å². The fourth-order valence-electron chi connectivity index (χ4n) is 0.753. The first-order valence-corrected chi connectivity index (χ1v) is 4.03. The third kappa shape index (κ3) is 4.92. The van der Waals surface area contributed by atoms with Crippen LogP contribution in [-0.4, -0.2) is 35.7 Å². The van der Waals surface area contributed by atoms with Crippen LogP contribution in [0.5, 0.6) is 0 Å². The van der Waals surface area contributed by atoms with Gasteiger partial charge < -0.3 is 4.74 Å². The summed E-state index contributed by atoms with van der Waals surface area (Å²) in [6.07, 6.45) is 0.000382. The minimum absolute atomic E-state index is 0.000382. The molecule has 0 radical (unpaired) electrons. The molecular weight excluding hydrogens is 190 g/mol. The number of hydrogen-bond donors (Lipinski definition) is 0. The molecule has 0 fully saturated rings. The summed E-state index contributed by atoms with van der Waals surface area (Å²) in [5, 5.41) is 18.5. The molecule has 7 heteroatoms. The highest BCUT2D eigenvalue weighted by Gasteiger charge is 2.18. The van der Waals surface area contributed by atoms with E-state index in [2.05, 4.69) is 4.74 Å². The molecule has 0 aliphatic heterocycles. The van der Waals surface area contributed by atoms with Crippen molar-refractivity contribution in [2.24, 2.45) is 0 Å². The molecule has 0 saturated heterocycles. The average molecular weight is 201 g/mol. The first-order valence-electron chi connectivity index (χ1n) is 4.03. The van der Waals surface area contributed by atoms with Crippen molar-refractivity contribution in [3.05, 3.63) is 10.1 Å². The van der Waals surface area contributed by atoms with Crippen LogP contribution in [0.4, 0.5) is 0 Å². The largest absolute Gasteiger partial charge is 0.465 e. The van der Waals surface area contributed by atoms with Crippen LogP contribution in [0.1, 0.15) is 13.3 Å². The van der Waals surface area contributed by atoms with Crippen molar-refractivity contribution in [1.29, 1.82) is 5.26 Å². The Morgan fingerprint density at radius 3 is 2.79 bits per heavy atom. The van der Waals surface area contributed by atoms with E-state index in [0.29, 0.717) is 5.01 Å². The Balaban J connectivity index is 4.03. The zero-order valence-electron chi connectivity index (χ0n) is 7.80. The van der Waals surface area contributed by atoms with Crippen molar-refractivity contribution in [3.63, 3.8) is 0 Å². The summed E-state index contributed by atoms with van der Waals surface area (Å²) >= 11 is 0. The second kappa shape index (κ2) is 6.65. The van der Waals surface area contributed by atoms with E-state index in [4.69, 9.17) is 5.26 Å². The molecule has 0 aromatic heterocycles. The molecule has 0 atom stereocenters. The normalized spacial score (nSPS) is 8.86. The lowest BCUT2D eigenvalue weighted by atomic mass is 10.4. The monoisotopic (exact) mass is 201 g/mol. The molecule has 78 valence electrons. The molecule has 14 heavy (non-hydrogen) atoms. The number of hydrazine groups is 1. The van der Waals surface area contributed by atoms with Crippen LogP contribution < -0.4 is 0 Å². The minimum atomic E-state index is -0.714. The van der Waals surface area contributed by atoms with Crippen molar-refractivity contribution in [3.8, 4) is 6.07 Å². The van der Waals surface area contributed by atoms with E-state index in [0.717, 1.165) is 0 Å². The molecule has 0 heterocycles. The maximum absolute atomic E-state index is 10.9. The summed E-state index contributed by atoms with van der Waals surface area (Å²) in [4.78, 5) is 21.2. The molecule has 0 bridgehead atoms. The summed E-state index contributed by atoms with van der Waals surface area (Å²) in [6.45, 7) is 1.29. The molecule has 0 aliphatic rings. The Kier molecular flexibility index (Phi) is 5.78. The van der Waals surface area contributed by atoms with E-state index in [9.17, 15) is 14.9 Å². The predicted octanol–water partition coefficient (Wildman–Crippen LogP) is -0.0431. The van der Waals surface area contributed by atoms with Gasteiger partial charge in [0.25, 0.3) is 0 Å². The maximum Gasteiger partial charge on any atom is 0.331 e. The molecular formula is C7H11N3O4. The number of hydrogen-bond acceptors (Lipinski definition) is 5.